The van der Waals surface area contributed by atoms with Gasteiger partial charge < -0.3 is 20.3 Å². The molecule has 1 unspecified atom stereocenters. The van der Waals surface area contributed by atoms with Gasteiger partial charge in [-0.25, -0.2) is 0 Å². The van der Waals surface area contributed by atoms with Crippen molar-refractivity contribution in [2.75, 3.05) is 20.3 Å². The molecule has 1 saturated heterocycles. The predicted octanol–water partition coefficient (Wildman–Crippen LogP) is 1.07. The molecular weight excluding hydrogens is 246 g/mol. The lowest BCUT2D eigenvalue weighted by Gasteiger charge is -2.43. The summed E-state index contributed by atoms with van der Waals surface area (Å²) >= 11 is 0. The third kappa shape index (κ3) is 2.57. The van der Waals surface area contributed by atoms with Crippen LogP contribution in [0.4, 0.5) is 0 Å². The van der Waals surface area contributed by atoms with Gasteiger partial charge in [-0.2, -0.15) is 0 Å². The van der Waals surface area contributed by atoms with Gasteiger partial charge in [0.1, 0.15) is 11.8 Å². The first-order valence-electron chi connectivity index (χ1n) is 6.20. The zero-order chi connectivity index (χ0) is 14.0. The summed E-state index contributed by atoms with van der Waals surface area (Å²) in [6.07, 6.45) is 0.349. The van der Waals surface area contributed by atoms with Gasteiger partial charge in [-0.1, -0.05) is 17.7 Å². The molecule has 0 bridgehead atoms. The van der Waals surface area contributed by atoms with Gasteiger partial charge in [-0.3, -0.25) is 4.79 Å². The highest BCUT2D eigenvalue weighted by atomic mass is 16.5. The molecule has 1 aromatic rings. The van der Waals surface area contributed by atoms with Gasteiger partial charge in [0, 0.05) is 11.0 Å². The van der Waals surface area contributed by atoms with Crippen molar-refractivity contribution in [3.05, 3.63) is 29.3 Å². The van der Waals surface area contributed by atoms with Crippen molar-refractivity contribution in [3.8, 4) is 5.75 Å². The zero-order valence-electron chi connectivity index (χ0n) is 11.2. The van der Waals surface area contributed by atoms with Crippen molar-refractivity contribution >= 4 is 5.97 Å². The molecule has 104 valence electrons. The smallest absolute Gasteiger partial charge is 0.320 e. The highest BCUT2D eigenvalue weighted by molar-refractivity contribution is 5.73. The van der Waals surface area contributed by atoms with Gasteiger partial charge in [-0.05, 0) is 19.4 Å². The molecule has 1 heterocycles. The molecule has 0 amide bonds. The topological polar surface area (TPSA) is 81.8 Å². The molecule has 1 atom stereocenters. The van der Waals surface area contributed by atoms with Gasteiger partial charge in [0.15, 0.2) is 0 Å². The molecule has 0 radical (unpaired) electrons. The lowest BCUT2D eigenvalue weighted by Crippen LogP contribution is -2.52. The first-order valence-corrected chi connectivity index (χ1v) is 6.20. The number of nitrogens with two attached hydrogens (primary N) is 1. The Bertz CT molecular complexity index is 482. The SMILES string of the molecule is COc1ccc(C)cc1C1(CC(N)C(=O)O)COC1. The van der Waals surface area contributed by atoms with Crippen LogP contribution >= 0.6 is 0 Å². The molecule has 1 aliphatic rings. The van der Waals surface area contributed by atoms with E-state index in [0.717, 1.165) is 16.9 Å². The van der Waals surface area contributed by atoms with Crippen LogP contribution < -0.4 is 10.5 Å². The molecule has 2 rings (SSSR count). The van der Waals surface area contributed by atoms with Gasteiger partial charge in [0.25, 0.3) is 0 Å². The Hall–Kier alpha value is -1.59. The number of aryl methyl sites for hydroxylation is 1. The van der Waals surface area contributed by atoms with Crippen LogP contribution in [0.25, 0.3) is 0 Å². The minimum absolute atomic E-state index is 0.349. The first-order chi connectivity index (χ1) is 8.98. The highest BCUT2D eigenvalue weighted by Gasteiger charge is 2.44. The summed E-state index contributed by atoms with van der Waals surface area (Å²) in [5, 5.41) is 9.00. The number of benzene rings is 1. The van der Waals surface area contributed by atoms with Crippen LogP contribution in [0, 0.1) is 6.92 Å². The van der Waals surface area contributed by atoms with Crippen LogP contribution in [0.2, 0.25) is 0 Å². The van der Waals surface area contributed by atoms with Crippen molar-refractivity contribution in [2.24, 2.45) is 5.73 Å². The largest absolute Gasteiger partial charge is 0.496 e. The molecule has 5 heteroatoms. The summed E-state index contributed by atoms with van der Waals surface area (Å²) in [5.41, 5.74) is 7.42. The van der Waals surface area contributed by atoms with Crippen LogP contribution in [0.1, 0.15) is 17.5 Å². The van der Waals surface area contributed by atoms with E-state index < -0.39 is 12.0 Å². The Morgan fingerprint density at radius 1 is 1.58 bits per heavy atom. The van der Waals surface area contributed by atoms with Gasteiger partial charge >= 0.3 is 5.97 Å². The lowest BCUT2D eigenvalue weighted by atomic mass is 9.73. The van der Waals surface area contributed by atoms with Gasteiger partial charge in [-0.15, -0.1) is 0 Å². The van der Waals surface area contributed by atoms with Crippen LogP contribution in [0.15, 0.2) is 18.2 Å². The average Bonchev–Trinajstić information content (AvgIpc) is 2.33. The van der Waals surface area contributed by atoms with E-state index in [1.54, 1.807) is 7.11 Å². The minimum atomic E-state index is -0.988. The highest BCUT2D eigenvalue weighted by Crippen LogP contribution is 2.41. The van der Waals surface area contributed by atoms with Crippen molar-refractivity contribution < 1.29 is 19.4 Å². The third-order valence-corrected chi connectivity index (χ3v) is 3.61. The standard InChI is InChI=1S/C14H19NO4/c1-9-3-4-12(18-2)10(5-9)14(7-19-8-14)6-11(15)13(16)17/h3-5,11H,6-8,15H2,1-2H3,(H,16,17). The van der Waals surface area contributed by atoms with Crippen LogP contribution in [0.5, 0.6) is 5.75 Å². The Morgan fingerprint density at radius 2 is 2.26 bits per heavy atom. The predicted molar refractivity (Wildman–Crippen MR) is 70.5 cm³/mol. The van der Waals surface area contributed by atoms with E-state index >= 15 is 0 Å². The van der Waals surface area contributed by atoms with E-state index in [-0.39, 0.29) is 5.41 Å². The number of hydrogen-bond donors (Lipinski definition) is 2. The lowest BCUT2D eigenvalue weighted by molar-refractivity contribution is -0.141. The Morgan fingerprint density at radius 3 is 2.74 bits per heavy atom. The van der Waals surface area contributed by atoms with E-state index in [4.69, 9.17) is 20.3 Å². The molecule has 5 nitrogen and oxygen atoms in total. The van der Waals surface area contributed by atoms with E-state index in [1.165, 1.54) is 0 Å². The van der Waals surface area contributed by atoms with E-state index in [1.807, 2.05) is 25.1 Å². The zero-order valence-corrected chi connectivity index (χ0v) is 11.2. The number of rotatable bonds is 5. The van der Waals surface area contributed by atoms with Gasteiger partial charge in [0.2, 0.25) is 0 Å². The average molecular weight is 265 g/mol. The number of carboxylic acids is 1. The Balaban J connectivity index is 2.35. The molecule has 1 fully saturated rings. The fourth-order valence-corrected chi connectivity index (χ4v) is 2.48. The van der Waals surface area contributed by atoms with E-state index in [9.17, 15) is 4.79 Å². The molecule has 19 heavy (non-hydrogen) atoms. The minimum Gasteiger partial charge on any atom is -0.496 e. The molecule has 0 saturated carbocycles. The summed E-state index contributed by atoms with van der Waals surface area (Å²) in [7, 11) is 1.61. The van der Waals surface area contributed by atoms with Gasteiger partial charge in [0.05, 0.1) is 20.3 Å². The third-order valence-electron chi connectivity index (χ3n) is 3.61. The molecule has 3 N–H and O–H groups in total. The molecule has 0 spiro atoms. The fraction of sp³-hybridized carbons (Fsp3) is 0.500. The molecule has 1 aromatic carbocycles. The number of aliphatic carboxylic acids is 1. The van der Waals surface area contributed by atoms with Crippen molar-refractivity contribution in [2.45, 2.75) is 24.8 Å². The summed E-state index contributed by atoms with van der Waals surface area (Å²) < 4.78 is 10.7. The van der Waals surface area contributed by atoms with Crippen molar-refractivity contribution in [3.63, 3.8) is 0 Å². The molecule has 1 aliphatic heterocycles. The number of carboxylic acid groups (broad SMARTS) is 1. The van der Waals surface area contributed by atoms with E-state index in [0.29, 0.717) is 19.6 Å². The number of hydrogen-bond acceptors (Lipinski definition) is 4. The monoisotopic (exact) mass is 265 g/mol. The normalized spacial score (nSPS) is 18.5. The second-order valence-corrected chi connectivity index (χ2v) is 5.13. The summed E-state index contributed by atoms with van der Waals surface area (Å²) in [5.74, 6) is -0.232. The second-order valence-electron chi connectivity index (χ2n) is 5.13. The molecule has 0 aromatic heterocycles. The maximum Gasteiger partial charge on any atom is 0.320 e. The second kappa shape index (κ2) is 5.19. The Kier molecular flexibility index (Phi) is 3.78. The quantitative estimate of drug-likeness (QED) is 0.832. The number of carbonyl (C=O) groups is 1. The van der Waals surface area contributed by atoms with E-state index in [2.05, 4.69) is 0 Å². The first kappa shape index (κ1) is 13.8. The molecule has 0 aliphatic carbocycles. The maximum atomic E-state index is 11.0. The summed E-state index contributed by atoms with van der Waals surface area (Å²) in [6, 6.07) is 4.99. The van der Waals surface area contributed by atoms with Crippen molar-refractivity contribution in [1.29, 1.82) is 0 Å². The summed E-state index contributed by atoms with van der Waals surface area (Å²) in [6.45, 7) is 2.95. The summed E-state index contributed by atoms with van der Waals surface area (Å²) in [4.78, 5) is 11.0. The molecular formula is C14H19NO4. The van der Waals surface area contributed by atoms with Crippen molar-refractivity contribution in [1.82, 2.24) is 0 Å². The Labute approximate surface area is 112 Å². The number of ether oxygens (including phenoxy) is 2. The fourth-order valence-electron chi connectivity index (χ4n) is 2.48. The maximum absolute atomic E-state index is 11.0. The number of methoxy groups -OCH3 is 1. The van der Waals surface area contributed by atoms with Crippen LogP contribution in [-0.4, -0.2) is 37.4 Å². The van der Waals surface area contributed by atoms with Crippen LogP contribution in [0.3, 0.4) is 0 Å². The van der Waals surface area contributed by atoms with Crippen LogP contribution in [-0.2, 0) is 14.9 Å².